The molecule has 6 nitrogen and oxygen atoms in total. The van der Waals surface area contributed by atoms with Crippen molar-refractivity contribution in [3.63, 3.8) is 0 Å². The van der Waals surface area contributed by atoms with Crippen LogP contribution in [-0.4, -0.2) is 42.2 Å². The van der Waals surface area contributed by atoms with E-state index in [-0.39, 0.29) is 12.7 Å². The fourth-order valence-electron chi connectivity index (χ4n) is 3.69. The second kappa shape index (κ2) is 8.49. The number of thiazole rings is 1. The number of likely N-dealkylation sites (tertiary alicyclic amines) is 1. The highest BCUT2D eigenvalue weighted by Gasteiger charge is 2.22. The molecule has 1 N–H and O–H groups in total. The molecule has 7 heteroatoms. The maximum atomic E-state index is 12.5. The molecule has 1 saturated heterocycles. The van der Waals surface area contributed by atoms with Crippen LogP contribution in [0.4, 0.5) is 0 Å². The van der Waals surface area contributed by atoms with E-state index >= 15 is 0 Å². The van der Waals surface area contributed by atoms with Gasteiger partial charge in [0.05, 0.1) is 12.2 Å². The average Bonchev–Trinajstić information content (AvgIpc) is 3.35. The molecule has 4 rings (SSSR count). The second-order valence-electron chi connectivity index (χ2n) is 7.84. The lowest BCUT2D eigenvalue weighted by Gasteiger charge is -2.32. The van der Waals surface area contributed by atoms with Crippen molar-refractivity contribution in [2.45, 2.75) is 39.2 Å². The van der Waals surface area contributed by atoms with E-state index in [2.05, 4.69) is 29.4 Å². The van der Waals surface area contributed by atoms with Crippen molar-refractivity contribution in [3.8, 4) is 11.5 Å². The average molecular weight is 402 g/mol. The summed E-state index contributed by atoms with van der Waals surface area (Å²) in [7, 11) is 0. The van der Waals surface area contributed by atoms with E-state index < -0.39 is 0 Å². The summed E-state index contributed by atoms with van der Waals surface area (Å²) in [5.74, 6) is 2.22. The molecule has 150 valence electrons. The molecule has 1 unspecified atom stereocenters. The second-order valence-corrected chi connectivity index (χ2v) is 8.78. The molecule has 0 radical (unpaired) electrons. The van der Waals surface area contributed by atoms with Gasteiger partial charge in [0.15, 0.2) is 11.5 Å². The van der Waals surface area contributed by atoms with Crippen LogP contribution in [0, 0.1) is 5.92 Å². The van der Waals surface area contributed by atoms with Crippen LogP contribution < -0.4 is 14.8 Å². The van der Waals surface area contributed by atoms with Gasteiger partial charge in [-0.3, -0.25) is 9.69 Å². The van der Waals surface area contributed by atoms with Gasteiger partial charge in [0.25, 0.3) is 5.91 Å². The Hall–Kier alpha value is -2.12. The van der Waals surface area contributed by atoms with E-state index in [0.717, 1.165) is 32.5 Å². The molecule has 1 amide bonds. The first-order valence-corrected chi connectivity index (χ1v) is 10.8. The highest BCUT2D eigenvalue weighted by atomic mass is 32.1. The molecule has 1 fully saturated rings. The van der Waals surface area contributed by atoms with Gasteiger partial charge < -0.3 is 14.8 Å². The lowest BCUT2D eigenvalue weighted by atomic mass is 9.98. The monoisotopic (exact) mass is 401 g/mol. The molecule has 0 saturated carbocycles. The largest absolute Gasteiger partial charge is 0.454 e. The van der Waals surface area contributed by atoms with Gasteiger partial charge in [-0.25, -0.2) is 4.98 Å². The number of nitrogens with one attached hydrogen (secondary N) is 1. The Balaban J connectivity index is 1.28. The molecule has 2 aliphatic heterocycles. The summed E-state index contributed by atoms with van der Waals surface area (Å²) >= 11 is 1.75. The number of carbonyl (C=O) groups excluding carboxylic acids is 1. The van der Waals surface area contributed by atoms with Crippen LogP contribution >= 0.6 is 11.3 Å². The van der Waals surface area contributed by atoms with Crippen molar-refractivity contribution >= 4 is 17.2 Å². The Morgan fingerprint density at radius 3 is 3.04 bits per heavy atom. The highest BCUT2D eigenvalue weighted by Crippen LogP contribution is 2.32. The first-order valence-electron chi connectivity index (χ1n) is 9.93. The van der Waals surface area contributed by atoms with Gasteiger partial charge in [-0.1, -0.05) is 13.8 Å². The number of rotatable bonds is 6. The van der Waals surface area contributed by atoms with E-state index in [9.17, 15) is 4.79 Å². The molecule has 0 spiro atoms. The fourth-order valence-corrected chi connectivity index (χ4v) is 4.69. The fraction of sp³-hybridized carbons (Fsp3) is 0.524. The van der Waals surface area contributed by atoms with E-state index in [0.29, 0.717) is 35.4 Å². The molecule has 2 aromatic rings. The molecule has 3 heterocycles. The van der Waals surface area contributed by atoms with Crippen molar-refractivity contribution in [2.24, 2.45) is 5.92 Å². The van der Waals surface area contributed by atoms with Gasteiger partial charge in [-0.05, 0) is 49.4 Å². The number of hydrogen-bond acceptors (Lipinski definition) is 6. The maximum Gasteiger partial charge on any atom is 0.251 e. The number of amides is 1. The Kier molecular flexibility index (Phi) is 5.82. The third kappa shape index (κ3) is 4.47. The van der Waals surface area contributed by atoms with Crippen LogP contribution in [0.2, 0.25) is 0 Å². The number of aromatic nitrogens is 1. The Morgan fingerprint density at radius 2 is 2.21 bits per heavy atom. The number of fused-ring (bicyclic) bond motifs is 1. The predicted octanol–water partition coefficient (Wildman–Crippen LogP) is 3.64. The van der Waals surface area contributed by atoms with Crippen molar-refractivity contribution < 1.29 is 14.3 Å². The van der Waals surface area contributed by atoms with E-state index in [1.54, 1.807) is 29.5 Å². The van der Waals surface area contributed by atoms with Gasteiger partial charge in [0.1, 0.15) is 5.01 Å². The first kappa shape index (κ1) is 19.2. The summed E-state index contributed by atoms with van der Waals surface area (Å²) in [6.07, 6.45) is 2.31. The molecule has 1 aromatic carbocycles. The standard InChI is InChI=1S/C21H27N3O3S/c1-14(2)17-12-28-20(23-17)11-24-7-3-4-15(10-24)9-22-21(25)16-5-6-18-19(8-16)27-13-26-18/h5-6,8,12,14-15H,3-4,7,9-11,13H2,1-2H3,(H,22,25). The minimum Gasteiger partial charge on any atom is -0.454 e. The molecule has 28 heavy (non-hydrogen) atoms. The quantitative estimate of drug-likeness (QED) is 0.801. The summed E-state index contributed by atoms with van der Waals surface area (Å²) in [5, 5.41) is 6.45. The molecule has 0 aliphatic carbocycles. The summed E-state index contributed by atoms with van der Waals surface area (Å²) < 4.78 is 10.7. The molecule has 1 atom stereocenters. The molecular formula is C21H27N3O3S. The molecule has 0 bridgehead atoms. The summed E-state index contributed by atoms with van der Waals surface area (Å²) in [5.41, 5.74) is 1.80. The Morgan fingerprint density at radius 1 is 1.36 bits per heavy atom. The SMILES string of the molecule is CC(C)c1csc(CN2CCCC(CNC(=O)c3ccc4c(c3)OCO4)C2)n1. The summed E-state index contributed by atoms with van der Waals surface area (Å²) in [4.78, 5) is 19.7. The Bertz CT molecular complexity index is 836. The highest BCUT2D eigenvalue weighted by molar-refractivity contribution is 7.09. The lowest BCUT2D eigenvalue weighted by Crippen LogP contribution is -2.40. The van der Waals surface area contributed by atoms with Crippen LogP contribution in [0.3, 0.4) is 0 Å². The van der Waals surface area contributed by atoms with Gasteiger partial charge >= 0.3 is 0 Å². The number of nitrogens with zero attached hydrogens (tertiary/aromatic N) is 2. The number of hydrogen-bond donors (Lipinski definition) is 1. The van der Waals surface area contributed by atoms with Gasteiger partial charge in [-0.2, -0.15) is 0 Å². The minimum absolute atomic E-state index is 0.0584. The van der Waals surface area contributed by atoms with Gasteiger partial charge in [0.2, 0.25) is 6.79 Å². The van der Waals surface area contributed by atoms with E-state index in [4.69, 9.17) is 14.5 Å². The van der Waals surface area contributed by atoms with Crippen molar-refractivity contribution in [1.29, 1.82) is 0 Å². The number of piperidine rings is 1. The van der Waals surface area contributed by atoms with Crippen LogP contribution in [0.1, 0.15) is 53.7 Å². The zero-order valence-corrected chi connectivity index (χ0v) is 17.3. The first-order chi connectivity index (χ1) is 13.6. The zero-order chi connectivity index (χ0) is 19.5. The van der Waals surface area contributed by atoms with Crippen LogP contribution in [0.15, 0.2) is 23.6 Å². The number of benzene rings is 1. The van der Waals surface area contributed by atoms with Crippen LogP contribution in [0.25, 0.3) is 0 Å². The van der Waals surface area contributed by atoms with Crippen molar-refractivity contribution in [3.05, 3.63) is 39.8 Å². The predicted molar refractivity (Wildman–Crippen MR) is 109 cm³/mol. The smallest absolute Gasteiger partial charge is 0.251 e. The third-order valence-electron chi connectivity index (χ3n) is 5.31. The van der Waals surface area contributed by atoms with Crippen molar-refractivity contribution in [1.82, 2.24) is 15.2 Å². The van der Waals surface area contributed by atoms with Crippen LogP contribution in [-0.2, 0) is 6.54 Å². The normalized spacial score (nSPS) is 19.2. The topological polar surface area (TPSA) is 63.7 Å². The number of carbonyl (C=O) groups is 1. The Labute approximate surface area is 169 Å². The molecule has 2 aliphatic rings. The lowest BCUT2D eigenvalue weighted by molar-refractivity contribution is 0.0930. The maximum absolute atomic E-state index is 12.5. The summed E-state index contributed by atoms with van der Waals surface area (Å²) in [6, 6.07) is 5.32. The van der Waals surface area contributed by atoms with Crippen molar-refractivity contribution in [2.75, 3.05) is 26.4 Å². The summed E-state index contributed by atoms with van der Waals surface area (Å²) in [6.45, 7) is 8.28. The molecular weight excluding hydrogens is 374 g/mol. The molecule has 1 aromatic heterocycles. The van der Waals surface area contributed by atoms with Crippen LogP contribution in [0.5, 0.6) is 11.5 Å². The third-order valence-corrected chi connectivity index (χ3v) is 6.16. The van der Waals surface area contributed by atoms with E-state index in [1.807, 2.05) is 0 Å². The van der Waals surface area contributed by atoms with Gasteiger partial charge in [0, 0.05) is 24.0 Å². The minimum atomic E-state index is -0.0584. The van der Waals surface area contributed by atoms with E-state index in [1.165, 1.54) is 10.7 Å². The number of ether oxygens (including phenoxy) is 2. The zero-order valence-electron chi connectivity index (χ0n) is 16.4. The van der Waals surface area contributed by atoms with Gasteiger partial charge in [-0.15, -0.1) is 11.3 Å².